The third-order valence-corrected chi connectivity index (χ3v) is 6.00. The van der Waals surface area contributed by atoms with Crippen molar-refractivity contribution < 1.29 is 0 Å². The summed E-state index contributed by atoms with van der Waals surface area (Å²) in [5.74, 6) is 0. The lowest BCUT2D eigenvalue weighted by Crippen LogP contribution is -2.48. The quantitative estimate of drug-likeness (QED) is 0.605. The maximum atomic E-state index is 13.1. The molecule has 0 saturated carbocycles. The molecular formula is C24H30N4O2. The highest BCUT2D eigenvalue weighted by molar-refractivity contribution is 5.77. The highest BCUT2D eigenvalue weighted by Crippen LogP contribution is 2.15. The van der Waals surface area contributed by atoms with Crippen LogP contribution in [0.5, 0.6) is 0 Å². The molecule has 0 spiro atoms. The zero-order chi connectivity index (χ0) is 20.9. The van der Waals surface area contributed by atoms with Gasteiger partial charge in [-0.1, -0.05) is 43.7 Å². The molecule has 1 fully saturated rings. The summed E-state index contributed by atoms with van der Waals surface area (Å²) in [7, 11) is 0. The molecule has 0 aliphatic carbocycles. The van der Waals surface area contributed by atoms with Crippen molar-refractivity contribution in [1.29, 1.82) is 0 Å². The zero-order valence-corrected chi connectivity index (χ0v) is 17.7. The lowest BCUT2D eigenvalue weighted by Gasteiger charge is -2.36. The Morgan fingerprint density at radius 2 is 1.47 bits per heavy atom. The lowest BCUT2D eigenvalue weighted by molar-refractivity contribution is 0.247. The number of benzene rings is 2. The molecule has 3 aromatic rings. The minimum atomic E-state index is -0.185. The molecule has 6 nitrogen and oxygen atoms in total. The van der Waals surface area contributed by atoms with Crippen LogP contribution in [0.1, 0.15) is 19.8 Å². The van der Waals surface area contributed by atoms with Gasteiger partial charge in [-0.25, -0.2) is 4.79 Å². The van der Waals surface area contributed by atoms with Crippen molar-refractivity contribution in [2.45, 2.75) is 32.9 Å². The van der Waals surface area contributed by atoms with Gasteiger partial charge in [0, 0.05) is 51.5 Å². The van der Waals surface area contributed by atoms with Crippen LogP contribution >= 0.6 is 0 Å². The van der Waals surface area contributed by atoms with E-state index in [0.717, 1.165) is 51.1 Å². The molecule has 4 rings (SSSR count). The van der Waals surface area contributed by atoms with Crippen LogP contribution in [0.3, 0.4) is 0 Å². The van der Waals surface area contributed by atoms with E-state index in [4.69, 9.17) is 0 Å². The van der Waals surface area contributed by atoms with Gasteiger partial charge in [0.25, 0.3) is 5.56 Å². The van der Waals surface area contributed by atoms with Crippen molar-refractivity contribution in [1.82, 2.24) is 14.0 Å². The monoisotopic (exact) mass is 406 g/mol. The fraction of sp³-hybridized carbons (Fsp3) is 0.417. The largest absolute Gasteiger partial charge is 0.369 e. The van der Waals surface area contributed by atoms with Crippen LogP contribution in [-0.2, 0) is 13.1 Å². The lowest BCUT2D eigenvalue weighted by atomic mass is 10.2. The first-order valence-corrected chi connectivity index (χ1v) is 10.9. The topological polar surface area (TPSA) is 50.5 Å². The normalized spacial score (nSPS) is 15.0. The van der Waals surface area contributed by atoms with E-state index < -0.39 is 0 Å². The predicted molar refractivity (Wildman–Crippen MR) is 122 cm³/mol. The Labute approximate surface area is 177 Å². The van der Waals surface area contributed by atoms with Gasteiger partial charge >= 0.3 is 5.69 Å². The summed E-state index contributed by atoms with van der Waals surface area (Å²) in [5, 5.41) is 0.627. The second-order valence-corrected chi connectivity index (χ2v) is 7.93. The Morgan fingerprint density at radius 3 is 2.20 bits per heavy atom. The number of piperazine rings is 1. The average Bonchev–Trinajstić information content (AvgIpc) is 2.80. The van der Waals surface area contributed by atoms with Gasteiger partial charge in [-0.3, -0.25) is 18.8 Å². The van der Waals surface area contributed by atoms with Gasteiger partial charge in [-0.15, -0.1) is 0 Å². The van der Waals surface area contributed by atoms with Gasteiger partial charge < -0.3 is 4.90 Å². The van der Waals surface area contributed by atoms with E-state index in [1.807, 2.05) is 30.3 Å². The number of unbranched alkanes of at least 4 members (excludes halogenated alkanes) is 1. The summed E-state index contributed by atoms with van der Waals surface area (Å²) in [6.45, 7) is 7.85. The molecule has 1 saturated heterocycles. The first-order valence-electron chi connectivity index (χ1n) is 10.9. The highest BCUT2D eigenvalue weighted by Gasteiger charge is 2.18. The van der Waals surface area contributed by atoms with Crippen LogP contribution in [0.15, 0.2) is 64.2 Å². The van der Waals surface area contributed by atoms with Crippen LogP contribution in [0, 0.1) is 0 Å². The van der Waals surface area contributed by atoms with E-state index in [1.54, 1.807) is 4.57 Å². The number of aromatic nitrogens is 2. The standard InChI is InChI=1S/C24H30N4O2/c1-2-3-13-28-23(29)21-11-7-8-12-22(21)27(24(28)30)19-16-25-14-17-26(18-15-25)20-9-5-4-6-10-20/h4-12H,2-3,13-19H2,1H3. The van der Waals surface area contributed by atoms with Crippen molar-refractivity contribution in [2.75, 3.05) is 37.6 Å². The third-order valence-electron chi connectivity index (χ3n) is 6.00. The molecule has 0 radical (unpaired) electrons. The van der Waals surface area contributed by atoms with Crippen molar-refractivity contribution in [2.24, 2.45) is 0 Å². The van der Waals surface area contributed by atoms with Crippen LogP contribution in [0.2, 0.25) is 0 Å². The van der Waals surface area contributed by atoms with Crippen LogP contribution in [0.25, 0.3) is 10.9 Å². The van der Waals surface area contributed by atoms with E-state index in [-0.39, 0.29) is 11.2 Å². The highest BCUT2D eigenvalue weighted by atomic mass is 16.2. The first-order chi connectivity index (χ1) is 14.7. The summed E-state index contributed by atoms with van der Waals surface area (Å²) in [6.07, 6.45) is 1.78. The number of hydrogen-bond donors (Lipinski definition) is 0. The second-order valence-electron chi connectivity index (χ2n) is 7.93. The summed E-state index contributed by atoms with van der Waals surface area (Å²) in [5.41, 5.74) is 1.65. The summed E-state index contributed by atoms with van der Waals surface area (Å²) in [6, 6.07) is 18.0. The molecule has 2 aromatic carbocycles. The first kappa shape index (κ1) is 20.4. The van der Waals surface area contributed by atoms with Gasteiger partial charge in [0.05, 0.1) is 10.9 Å². The number of fused-ring (bicyclic) bond motifs is 1. The molecule has 1 aliphatic heterocycles. The number of rotatable bonds is 7. The molecular weight excluding hydrogens is 376 g/mol. The van der Waals surface area contributed by atoms with Gasteiger partial charge in [-0.2, -0.15) is 0 Å². The molecule has 1 aliphatic rings. The number of para-hydroxylation sites is 2. The summed E-state index contributed by atoms with van der Waals surface area (Å²) in [4.78, 5) is 30.7. The predicted octanol–water partition coefficient (Wildman–Crippen LogP) is 2.79. The van der Waals surface area contributed by atoms with Crippen molar-refractivity contribution >= 4 is 16.6 Å². The van der Waals surface area contributed by atoms with Gasteiger partial charge in [0.1, 0.15) is 0 Å². The Bertz CT molecular complexity index is 1100. The third kappa shape index (κ3) is 4.19. The molecule has 0 amide bonds. The Balaban J connectivity index is 1.50. The molecule has 30 heavy (non-hydrogen) atoms. The number of hydrogen-bond acceptors (Lipinski definition) is 4. The Morgan fingerprint density at radius 1 is 0.767 bits per heavy atom. The smallest absolute Gasteiger partial charge is 0.331 e. The van der Waals surface area contributed by atoms with E-state index in [0.29, 0.717) is 18.5 Å². The van der Waals surface area contributed by atoms with Crippen LogP contribution < -0.4 is 16.1 Å². The molecule has 6 heteroatoms. The number of anilines is 1. The Hall–Kier alpha value is -2.86. The fourth-order valence-corrected chi connectivity index (χ4v) is 4.21. The minimum absolute atomic E-state index is 0.170. The SMILES string of the molecule is CCCCn1c(=O)c2ccccc2n(CCN2CCN(c3ccccc3)CC2)c1=O. The molecule has 0 N–H and O–H groups in total. The van der Waals surface area contributed by atoms with Crippen molar-refractivity contribution in [3.63, 3.8) is 0 Å². The van der Waals surface area contributed by atoms with Gasteiger partial charge in [-0.05, 0) is 30.7 Å². The molecule has 1 aromatic heterocycles. The van der Waals surface area contributed by atoms with Crippen molar-refractivity contribution in [3.8, 4) is 0 Å². The van der Waals surface area contributed by atoms with Gasteiger partial charge in [0.2, 0.25) is 0 Å². The molecule has 0 atom stereocenters. The Kier molecular flexibility index (Phi) is 6.33. The van der Waals surface area contributed by atoms with Crippen LogP contribution in [-0.4, -0.2) is 46.8 Å². The van der Waals surface area contributed by atoms with E-state index >= 15 is 0 Å². The molecule has 0 unspecified atom stereocenters. The maximum absolute atomic E-state index is 13.1. The van der Waals surface area contributed by atoms with Crippen LogP contribution in [0.4, 0.5) is 5.69 Å². The van der Waals surface area contributed by atoms with Gasteiger partial charge in [0.15, 0.2) is 0 Å². The molecule has 158 valence electrons. The number of nitrogens with zero attached hydrogens (tertiary/aromatic N) is 4. The van der Waals surface area contributed by atoms with E-state index in [1.165, 1.54) is 10.3 Å². The van der Waals surface area contributed by atoms with E-state index in [9.17, 15) is 9.59 Å². The molecule has 2 heterocycles. The fourth-order valence-electron chi connectivity index (χ4n) is 4.21. The maximum Gasteiger partial charge on any atom is 0.331 e. The zero-order valence-electron chi connectivity index (χ0n) is 17.7. The van der Waals surface area contributed by atoms with Crippen molar-refractivity contribution in [3.05, 3.63) is 75.4 Å². The van der Waals surface area contributed by atoms with E-state index in [2.05, 4.69) is 41.0 Å². The summed E-state index contributed by atoms with van der Waals surface area (Å²) < 4.78 is 3.20. The summed E-state index contributed by atoms with van der Waals surface area (Å²) >= 11 is 0. The average molecular weight is 407 g/mol. The second kappa shape index (κ2) is 9.30. The molecule has 0 bridgehead atoms. The minimum Gasteiger partial charge on any atom is -0.369 e.